The Bertz CT molecular complexity index is 1120. The molecule has 2 rings (SSSR count). The molecule has 0 spiro atoms. The van der Waals surface area contributed by atoms with Crippen LogP contribution in [0.5, 0.6) is 0 Å². The SMILES string of the molecule is CC(C)CC(NC(=O)C1CCCN1C(=O)C(NC(=O)NC(CN(C)Sc1ccccn1)C(C)(C)C)C(C)(C)C)C(=O)C=O. The van der Waals surface area contributed by atoms with E-state index in [4.69, 9.17) is 0 Å². The molecule has 11 nitrogen and oxygen atoms in total. The van der Waals surface area contributed by atoms with E-state index in [-0.39, 0.29) is 29.6 Å². The van der Waals surface area contributed by atoms with Gasteiger partial charge in [-0.3, -0.25) is 19.2 Å². The van der Waals surface area contributed by atoms with Crippen LogP contribution in [0.25, 0.3) is 0 Å². The second kappa shape index (κ2) is 15.7. The van der Waals surface area contributed by atoms with Crippen molar-refractivity contribution in [2.45, 2.75) is 104 Å². The van der Waals surface area contributed by atoms with Gasteiger partial charge >= 0.3 is 6.03 Å². The van der Waals surface area contributed by atoms with Crippen LogP contribution in [0.3, 0.4) is 0 Å². The summed E-state index contributed by atoms with van der Waals surface area (Å²) in [5.41, 5.74) is -0.949. The van der Waals surface area contributed by atoms with Crippen LogP contribution in [0.15, 0.2) is 29.4 Å². The summed E-state index contributed by atoms with van der Waals surface area (Å²) < 4.78 is 2.01. The van der Waals surface area contributed by atoms with Gasteiger partial charge in [0.1, 0.15) is 17.1 Å². The lowest BCUT2D eigenvalue weighted by molar-refractivity contribution is -0.142. The lowest BCUT2D eigenvalue weighted by Gasteiger charge is -2.37. The van der Waals surface area contributed by atoms with Crippen molar-refractivity contribution >= 4 is 41.9 Å². The number of nitrogens with zero attached hydrogens (tertiary/aromatic N) is 3. The Balaban J connectivity index is 2.16. The zero-order valence-corrected chi connectivity index (χ0v) is 27.9. The van der Waals surface area contributed by atoms with Crippen LogP contribution in [0, 0.1) is 16.7 Å². The Morgan fingerprint density at radius 2 is 1.74 bits per heavy atom. The summed E-state index contributed by atoms with van der Waals surface area (Å²) in [4.78, 5) is 69.8. The molecule has 1 aromatic heterocycles. The fourth-order valence-electron chi connectivity index (χ4n) is 4.91. The number of likely N-dealkylation sites (N-methyl/N-ethyl adjacent to an activating group) is 1. The second-order valence-electron chi connectivity index (χ2n) is 13.8. The van der Waals surface area contributed by atoms with E-state index < -0.39 is 41.3 Å². The summed E-state index contributed by atoms with van der Waals surface area (Å²) in [5, 5.41) is 9.52. The van der Waals surface area contributed by atoms with Gasteiger partial charge in [0, 0.05) is 25.3 Å². The summed E-state index contributed by atoms with van der Waals surface area (Å²) in [7, 11) is 1.94. The maximum Gasteiger partial charge on any atom is 0.315 e. The van der Waals surface area contributed by atoms with Gasteiger partial charge in [0.2, 0.25) is 17.6 Å². The largest absolute Gasteiger partial charge is 0.344 e. The third-order valence-corrected chi connectivity index (χ3v) is 8.28. The van der Waals surface area contributed by atoms with Crippen molar-refractivity contribution in [2.24, 2.45) is 16.7 Å². The molecule has 0 aliphatic carbocycles. The van der Waals surface area contributed by atoms with Crippen LogP contribution in [-0.4, -0.2) is 88.4 Å². The minimum atomic E-state index is -0.937. The second-order valence-corrected chi connectivity index (χ2v) is 15.0. The van der Waals surface area contributed by atoms with E-state index in [0.717, 1.165) is 5.03 Å². The maximum atomic E-state index is 13.9. The number of carbonyl (C=O) groups excluding carboxylic acids is 5. The Hall–Kier alpha value is -2.99. The van der Waals surface area contributed by atoms with Crippen molar-refractivity contribution in [2.75, 3.05) is 20.1 Å². The maximum absolute atomic E-state index is 13.9. The number of aldehydes is 1. The highest BCUT2D eigenvalue weighted by Crippen LogP contribution is 2.27. The number of hydrogen-bond donors (Lipinski definition) is 3. The van der Waals surface area contributed by atoms with Crippen LogP contribution in [0.4, 0.5) is 4.79 Å². The number of ketones is 1. The highest BCUT2D eigenvalue weighted by Gasteiger charge is 2.43. The number of nitrogens with one attached hydrogen (secondary N) is 3. The lowest BCUT2D eigenvalue weighted by Crippen LogP contribution is -2.61. The average Bonchev–Trinajstić information content (AvgIpc) is 3.39. The predicted octanol–water partition coefficient (Wildman–Crippen LogP) is 3.44. The number of hydrogen-bond acceptors (Lipinski definition) is 8. The highest BCUT2D eigenvalue weighted by molar-refractivity contribution is 7.96. The quantitative estimate of drug-likeness (QED) is 0.174. The van der Waals surface area contributed by atoms with Gasteiger partial charge in [-0.2, -0.15) is 0 Å². The molecule has 1 aliphatic heterocycles. The zero-order chi connectivity index (χ0) is 32.5. The van der Waals surface area contributed by atoms with Crippen LogP contribution in [0.2, 0.25) is 0 Å². The third-order valence-electron chi connectivity index (χ3n) is 7.39. The van der Waals surface area contributed by atoms with Gasteiger partial charge in [-0.15, -0.1) is 0 Å². The summed E-state index contributed by atoms with van der Waals surface area (Å²) in [6, 6.07) is 2.32. The number of aromatic nitrogens is 1. The first-order valence-corrected chi connectivity index (χ1v) is 15.7. The van der Waals surface area contributed by atoms with Crippen LogP contribution in [-0.2, 0) is 19.2 Å². The number of carbonyl (C=O) groups is 5. The van der Waals surface area contributed by atoms with Gasteiger partial charge in [-0.1, -0.05) is 61.5 Å². The summed E-state index contributed by atoms with van der Waals surface area (Å²) >= 11 is 1.48. The Morgan fingerprint density at radius 3 is 2.28 bits per heavy atom. The molecule has 4 amide bonds. The van der Waals surface area contributed by atoms with E-state index in [2.05, 4.69) is 20.9 Å². The molecule has 1 saturated heterocycles. The molecular weight excluding hydrogens is 568 g/mol. The molecule has 0 saturated carbocycles. The van der Waals surface area contributed by atoms with E-state index in [0.29, 0.717) is 32.4 Å². The van der Waals surface area contributed by atoms with E-state index in [1.165, 1.54) is 16.8 Å². The third kappa shape index (κ3) is 11.2. The molecule has 0 aromatic carbocycles. The number of likely N-dealkylation sites (tertiary alicyclic amines) is 1. The number of amides is 4. The van der Waals surface area contributed by atoms with Gasteiger partial charge in [-0.05, 0) is 67.1 Å². The van der Waals surface area contributed by atoms with E-state index in [1.54, 1.807) is 6.20 Å². The standard InChI is InChI=1S/C31H50N6O5S/c1-20(2)17-21(23(39)19-38)33-27(40)22-13-12-16-37(22)28(41)26(31(6,7)8)35-29(42)34-24(30(3,4)5)18-36(9)43-25-14-10-11-15-32-25/h10-11,14-15,19-22,24,26H,12-13,16-18H2,1-9H3,(H,33,40)(H2,34,35,42). The molecule has 4 unspecified atom stereocenters. The van der Waals surface area contributed by atoms with Crippen molar-refractivity contribution in [3.05, 3.63) is 24.4 Å². The first kappa shape index (κ1) is 36.2. The minimum absolute atomic E-state index is 0.0776. The van der Waals surface area contributed by atoms with Crippen molar-refractivity contribution < 1.29 is 24.0 Å². The number of rotatable bonds is 13. The molecule has 12 heteroatoms. The molecule has 1 aromatic rings. The Labute approximate surface area is 260 Å². The summed E-state index contributed by atoms with van der Waals surface area (Å²) in [6.07, 6.45) is 3.31. The fraction of sp³-hybridized carbons (Fsp3) is 0.677. The van der Waals surface area contributed by atoms with E-state index in [9.17, 15) is 24.0 Å². The molecule has 0 radical (unpaired) electrons. The monoisotopic (exact) mass is 618 g/mol. The molecule has 0 bridgehead atoms. The number of pyridine rings is 1. The Kier molecular flexibility index (Phi) is 13.2. The highest BCUT2D eigenvalue weighted by atomic mass is 32.2. The lowest BCUT2D eigenvalue weighted by atomic mass is 9.85. The fourth-order valence-corrected chi connectivity index (χ4v) is 5.70. The van der Waals surface area contributed by atoms with E-state index in [1.807, 2.05) is 84.9 Å². The predicted molar refractivity (Wildman–Crippen MR) is 168 cm³/mol. The van der Waals surface area contributed by atoms with Crippen LogP contribution < -0.4 is 16.0 Å². The molecule has 1 fully saturated rings. The van der Waals surface area contributed by atoms with Crippen molar-refractivity contribution in [1.82, 2.24) is 30.1 Å². The molecule has 4 atom stereocenters. The first-order chi connectivity index (χ1) is 19.9. The summed E-state index contributed by atoms with van der Waals surface area (Å²) in [6.45, 7) is 16.4. The molecule has 240 valence electrons. The van der Waals surface area contributed by atoms with Crippen molar-refractivity contribution in [3.63, 3.8) is 0 Å². The Morgan fingerprint density at radius 1 is 1.07 bits per heavy atom. The molecule has 3 N–H and O–H groups in total. The molecule has 1 aliphatic rings. The minimum Gasteiger partial charge on any atom is -0.344 e. The number of urea groups is 1. The molecule has 2 heterocycles. The smallest absolute Gasteiger partial charge is 0.315 e. The van der Waals surface area contributed by atoms with Gasteiger partial charge in [-0.25, -0.2) is 14.1 Å². The first-order valence-electron chi connectivity index (χ1n) is 14.9. The summed E-state index contributed by atoms with van der Waals surface area (Å²) in [5.74, 6) is -1.45. The zero-order valence-electron chi connectivity index (χ0n) is 27.1. The molecule has 43 heavy (non-hydrogen) atoms. The van der Waals surface area contributed by atoms with Crippen molar-refractivity contribution in [1.29, 1.82) is 0 Å². The average molecular weight is 619 g/mol. The normalized spacial score (nSPS) is 17.7. The molecular formula is C31H50N6O5S. The van der Waals surface area contributed by atoms with Crippen LogP contribution >= 0.6 is 11.9 Å². The van der Waals surface area contributed by atoms with Gasteiger partial charge in [0.15, 0.2) is 6.29 Å². The topological polar surface area (TPSA) is 141 Å². The van der Waals surface area contributed by atoms with Crippen molar-refractivity contribution in [3.8, 4) is 0 Å². The van der Waals surface area contributed by atoms with E-state index >= 15 is 0 Å². The number of Topliss-reactive ketones (excluding diaryl/α,β-unsaturated/α-hetero) is 1. The van der Waals surface area contributed by atoms with Gasteiger partial charge in [0.25, 0.3) is 0 Å². The van der Waals surface area contributed by atoms with Gasteiger partial charge < -0.3 is 20.9 Å². The van der Waals surface area contributed by atoms with Gasteiger partial charge in [0.05, 0.1) is 6.04 Å². The van der Waals surface area contributed by atoms with Crippen LogP contribution in [0.1, 0.15) is 74.7 Å².